The molecule has 0 bridgehead atoms. The topological polar surface area (TPSA) is 87.0 Å². The predicted octanol–water partition coefficient (Wildman–Crippen LogP) is 1.84. The molecule has 0 atom stereocenters. The first-order chi connectivity index (χ1) is 12.0. The van der Waals surface area contributed by atoms with Gasteiger partial charge in [0, 0.05) is 20.6 Å². The van der Waals surface area contributed by atoms with E-state index in [1.165, 1.54) is 25.4 Å². The van der Waals surface area contributed by atoms with E-state index in [0.29, 0.717) is 23.5 Å². The molecule has 2 rings (SSSR count). The monoisotopic (exact) mass is 382 g/mol. The summed E-state index contributed by atoms with van der Waals surface area (Å²) < 4.78 is 12.5. The van der Waals surface area contributed by atoms with Crippen LogP contribution in [0.5, 0.6) is 0 Å². The number of esters is 1. The van der Waals surface area contributed by atoms with Gasteiger partial charge in [-0.3, -0.25) is 9.59 Å². The van der Waals surface area contributed by atoms with Gasteiger partial charge >= 0.3 is 5.97 Å². The number of nitrogens with zero attached hydrogens (tertiary/aromatic N) is 2. The van der Waals surface area contributed by atoms with E-state index in [1.807, 2.05) is 4.57 Å². The summed E-state index contributed by atoms with van der Waals surface area (Å²) in [7, 11) is 2.92. The molecule has 7 nitrogen and oxygen atoms in total. The number of methoxy groups -OCH3 is 2. The van der Waals surface area contributed by atoms with Gasteiger partial charge in [-0.1, -0.05) is 23.1 Å². The Morgan fingerprint density at radius 1 is 1.28 bits per heavy atom. The minimum absolute atomic E-state index is 0.00126. The number of thiazole rings is 1. The Morgan fingerprint density at radius 2 is 2.04 bits per heavy atom. The summed E-state index contributed by atoms with van der Waals surface area (Å²) in [4.78, 5) is 39.3. The summed E-state index contributed by atoms with van der Waals surface area (Å²) >= 11 is 2.22. The van der Waals surface area contributed by atoms with E-state index in [9.17, 15) is 14.4 Å². The Morgan fingerprint density at radius 3 is 2.68 bits per heavy atom. The molecule has 134 valence electrons. The number of benzene rings is 1. The van der Waals surface area contributed by atoms with E-state index in [4.69, 9.17) is 9.47 Å². The van der Waals surface area contributed by atoms with Gasteiger partial charge in [-0.15, -0.1) is 0 Å². The van der Waals surface area contributed by atoms with Gasteiger partial charge in [-0.2, -0.15) is 4.99 Å². The lowest BCUT2D eigenvalue weighted by Crippen LogP contribution is -2.20. The molecule has 0 spiro atoms. The van der Waals surface area contributed by atoms with Crippen molar-refractivity contribution < 1.29 is 23.9 Å². The summed E-state index contributed by atoms with van der Waals surface area (Å²) in [6.45, 7) is 2.37. The molecule has 0 saturated carbocycles. The molecule has 1 aromatic carbocycles. The molecule has 0 fully saturated rings. The van der Waals surface area contributed by atoms with E-state index in [0.717, 1.165) is 22.0 Å². The second-order valence-corrected chi connectivity index (χ2v) is 7.15. The minimum Gasteiger partial charge on any atom is -0.465 e. The highest BCUT2D eigenvalue weighted by atomic mass is 32.2. The summed E-state index contributed by atoms with van der Waals surface area (Å²) in [5, 5.41) is -0.130. The van der Waals surface area contributed by atoms with E-state index in [2.05, 4.69) is 4.99 Å². The summed E-state index contributed by atoms with van der Waals surface area (Å²) in [6, 6.07) is 5.17. The van der Waals surface area contributed by atoms with Crippen LogP contribution in [0, 0.1) is 0 Å². The second-order valence-electron chi connectivity index (χ2n) is 4.99. The number of hydrogen-bond donors (Lipinski definition) is 0. The third-order valence-electron chi connectivity index (χ3n) is 3.24. The Kier molecular flexibility index (Phi) is 6.91. The van der Waals surface area contributed by atoms with Crippen LogP contribution in [0.15, 0.2) is 23.2 Å². The maximum absolute atomic E-state index is 12.0. The third-order valence-corrected chi connectivity index (χ3v) is 5.08. The second kappa shape index (κ2) is 8.93. The van der Waals surface area contributed by atoms with Crippen LogP contribution < -0.4 is 4.80 Å². The number of thioether (sulfide) groups is 1. The van der Waals surface area contributed by atoms with Crippen LogP contribution in [-0.4, -0.2) is 48.1 Å². The van der Waals surface area contributed by atoms with E-state index in [-0.39, 0.29) is 16.8 Å². The Balaban J connectivity index is 2.47. The molecule has 0 unspecified atom stereocenters. The Bertz CT molecular complexity index is 869. The fraction of sp³-hybridized carbons (Fsp3) is 0.375. The Hall–Kier alpha value is -1.97. The molecule has 25 heavy (non-hydrogen) atoms. The van der Waals surface area contributed by atoms with Crippen LogP contribution in [0.2, 0.25) is 0 Å². The molecular formula is C16H18N2O5S2. The van der Waals surface area contributed by atoms with Crippen LogP contribution in [0.1, 0.15) is 17.3 Å². The molecule has 0 saturated heterocycles. The maximum Gasteiger partial charge on any atom is 0.337 e. The van der Waals surface area contributed by atoms with E-state index < -0.39 is 5.97 Å². The van der Waals surface area contributed by atoms with Crippen LogP contribution in [-0.2, 0) is 25.6 Å². The number of aromatic nitrogens is 1. The van der Waals surface area contributed by atoms with Crippen molar-refractivity contribution in [3.63, 3.8) is 0 Å². The highest BCUT2D eigenvalue weighted by Crippen LogP contribution is 2.20. The van der Waals surface area contributed by atoms with Crippen molar-refractivity contribution in [3.05, 3.63) is 28.6 Å². The van der Waals surface area contributed by atoms with Crippen LogP contribution in [0.4, 0.5) is 0 Å². The van der Waals surface area contributed by atoms with Gasteiger partial charge in [0.15, 0.2) is 9.92 Å². The molecule has 1 aromatic heterocycles. The van der Waals surface area contributed by atoms with Crippen molar-refractivity contribution in [3.8, 4) is 0 Å². The van der Waals surface area contributed by atoms with Crippen molar-refractivity contribution in [2.75, 3.05) is 26.6 Å². The number of carbonyl (C=O) groups excluding carboxylic acids is 3. The Labute approximate surface area is 152 Å². The molecule has 0 N–H and O–H groups in total. The minimum atomic E-state index is -0.425. The molecule has 0 aliphatic heterocycles. The van der Waals surface area contributed by atoms with Crippen molar-refractivity contribution in [2.24, 2.45) is 4.99 Å². The molecular weight excluding hydrogens is 364 g/mol. The molecule has 0 radical (unpaired) electrons. The number of carbonyl (C=O) groups is 3. The lowest BCUT2D eigenvalue weighted by atomic mass is 10.2. The van der Waals surface area contributed by atoms with Gasteiger partial charge in [0.2, 0.25) is 0 Å². The van der Waals surface area contributed by atoms with Gasteiger partial charge < -0.3 is 14.0 Å². The summed E-state index contributed by atoms with van der Waals surface area (Å²) in [6.07, 6.45) is 0. The number of ether oxygens (including phenoxy) is 2. The average molecular weight is 382 g/mol. The van der Waals surface area contributed by atoms with Gasteiger partial charge in [0.1, 0.15) is 0 Å². The third kappa shape index (κ3) is 5.00. The largest absolute Gasteiger partial charge is 0.465 e. The van der Waals surface area contributed by atoms with Crippen LogP contribution >= 0.6 is 23.1 Å². The number of hydrogen-bond acceptors (Lipinski definition) is 7. The predicted molar refractivity (Wildman–Crippen MR) is 96.7 cm³/mol. The number of rotatable bonds is 6. The molecule has 1 heterocycles. The molecule has 1 amide bonds. The zero-order chi connectivity index (χ0) is 18.4. The van der Waals surface area contributed by atoms with Crippen molar-refractivity contribution in [2.45, 2.75) is 13.5 Å². The standard InChI is InChI=1S/C16H18N2O5S2/c1-10(19)24-9-14(20)17-16-18(6-7-22-2)12-5-4-11(15(21)23-3)8-13(12)25-16/h4-5,8H,6-7,9H2,1-3H3. The van der Waals surface area contributed by atoms with Crippen LogP contribution in [0.25, 0.3) is 10.2 Å². The molecule has 0 aliphatic carbocycles. The van der Waals surface area contributed by atoms with E-state index >= 15 is 0 Å². The van der Waals surface area contributed by atoms with Gasteiger partial charge in [0.05, 0.1) is 35.2 Å². The quantitative estimate of drug-likeness (QED) is 0.709. The fourth-order valence-corrected chi connectivity index (χ4v) is 3.61. The first kappa shape index (κ1) is 19.4. The van der Waals surface area contributed by atoms with Gasteiger partial charge in [-0.25, -0.2) is 4.79 Å². The SMILES string of the molecule is COCCn1c(=NC(=O)CSC(C)=O)sc2cc(C(=O)OC)ccc21. The summed E-state index contributed by atoms with van der Waals surface area (Å²) in [5.74, 6) is -0.807. The molecule has 9 heteroatoms. The van der Waals surface area contributed by atoms with Crippen molar-refractivity contribution in [1.82, 2.24) is 4.57 Å². The lowest BCUT2D eigenvalue weighted by molar-refractivity contribution is -0.116. The maximum atomic E-state index is 12.0. The zero-order valence-corrected chi connectivity index (χ0v) is 15.7. The highest BCUT2D eigenvalue weighted by molar-refractivity contribution is 8.14. The van der Waals surface area contributed by atoms with Crippen molar-refractivity contribution >= 4 is 50.3 Å². The fourth-order valence-electron chi connectivity index (χ4n) is 2.10. The van der Waals surface area contributed by atoms with Crippen molar-refractivity contribution in [1.29, 1.82) is 0 Å². The summed E-state index contributed by atoms with van der Waals surface area (Å²) in [5.41, 5.74) is 1.28. The smallest absolute Gasteiger partial charge is 0.337 e. The first-order valence-corrected chi connectivity index (χ1v) is 9.18. The first-order valence-electron chi connectivity index (χ1n) is 7.37. The van der Waals surface area contributed by atoms with Crippen LogP contribution in [0.3, 0.4) is 0 Å². The highest BCUT2D eigenvalue weighted by Gasteiger charge is 2.12. The lowest BCUT2D eigenvalue weighted by Gasteiger charge is -2.05. The molecule has 2 aromatic rings. The number of fused-ring (bicyclic) bond motifs is 1. The number of amides is 1. The average Bonchev–Trinajstić information content (AvgIpc) is 2.93. The zero-order valence-electron chi connectivity index (χ0n) is 14.1. The van der Waals surface area contributed by atoms with E-state index in [1.54, 1.807) is 25.3 Å². The van der Waals surface area contributed by atoms with Gasteiger partial charge in [-0.05, 0) is 18.2 Å². The van der Waals surface area contributed by atoms with Gasteiger partial charge in [0.25, 0.3) is 5.91 Å². The normalized spacial score (nSPS) is 11.7. The molecule has 0 aliphatic rings.